The SMILES string of the molecule is COc1ccc(N2CCN(S(=O)(=O)CCCNC(=O)c3ccc(C)c(C)c3)CC2)cc1. The van der Waals surface area contributed by atoms with Gasteiger partial charge in [0.1, 0.15) is 5.75 Å². The molecule has 2 aromatic rings. The van der Waals surface area contributed by atoms with Gasteiger partial charge in [-0.05, 0) is 67.8 Å². The Labute approximate surface area is 185 Å². The fourth-order valence-corrected chi connectivity index (χ4v) is 5.07. The van der Waals surface area contributed by atoms with Crippen LogP contribution in [0.5, 0.6) is 5.75 Å². The first-order valence-corrected chi connectivity index (χ1v) is 12.1. The first-order chi connectivity index (χ1) is 14.8. The van der Waals surface area contributed by atoms with Gasteiger partial charge >= 0.3 is 0 Å². The van der Waals surface area contributed by atoms with Gasteiger partial charge in [0, 0.05) is 44.0 Å². The molecule has 2 aromatic carbocycles. The summed E-state index contributed by atoms with van der Waals surface area (Å²) >= 11 is 0. The van der Waals surface area contributed by atoms with Crippen molar-refractivity contribution in [3.05, 3.63) is 59.2 Å². The molecular weight excluding hydrogens is 414 g/mol. The van der Waals surface area contributed by atoms with E-state index in [-0.39, 0.29) is 11.7 Å². The molecule has 31 heavy (non-hydrogen) atoms. The third kappa shape index (κ3) is 5.98. The number of aryl methyl sites for hydroxylation is 2. The molecule has 0 spiro atoms. The molecule has 8 heteroatoms. The van der Waals surface area contributed by atoms with E-state index in [9.17, 15) is 13.2 Å². The summed E-state index contributed by atoms with van der Waals surface area (Å²) in [6.07, 6.45) is 0.387. The van der Waals surface area contributed by atoms with E-state index in [1.165, 1.54) is 0 Å². The van der Waals surface area contributed by atoms with Crippen LogP contribution in [0, 0.1) is 13.8 Å². The molecule has 0 atom stereocenters. The summed E-state index contributed by atoms with van der Waals surface area (Å²) in [5.41, 5.74) is 3.85. The van der Waals surface area contributed by atoms with Crippen molar-refractivity contribution < 1.29 is 17.9 Å². The van der Waals surface area contributed by atoms with Crippen molar-refractivity contribution >= 4 is 21.6 Å². The number of carbonyl (C=O) groups excluding carboxylic acids is 1. The van der Waals surface area contributed by atoms with Gasteiger partial charge in [0.25, 0.3) is 5.91 Å². The van der Waals surface area contributed by atoms with Gasteiger partial charge in [-0.25, -0.2) is 8.42 Å². The average Bonchev–Trinajstić information content (AvgIpc) is 2.78. The van der Waals surface area contributed by atoms with Crippen LogP contribution in [0.3, 0.4) is 0 Å². The molecule has 168 valence electrons. The minimum Gasteiger partial charge on any atom is -0.497 e. The predicted molar refractivity (Wildman–Crippen MR) is 123 cm³/mol. The maximum atomic E-state index is 12.7. The number of nitrogens with one attached hydrogen (secondary N) is 1. The predicted octanol–water partition coefficient (Wildman–Crippen LogP) is 2.58. The number of piperazine rings is 1. The van der Waals surface area contributed by atoms with Gasteiger partial charge in [-0.2, -0.15) is 4.31 Å². The van der Waals surface area contributed by atoms with Crippen molar-refractivity contribution in [2.24, 2.45) is 0 Å². The monoisotopic (exact) mass is 445 g/mol. The standard InChI is InChI=1S/C23H31N3O4S/c1-18-5-6-20(17-19(18)2)23(27)24-11-4-16-31(28,29)26-14-12-25(13-15-26)21-7-9-22(30-3)10-8-21/h5-10,17H,4,11-16H2,1-3H3,(H,24,27). The summed E-state index contributed by atoms with van der Waals surface area (Å²) < 4.78 is 32.1. The van der Waals surface area contributed by atoms with Crippen molar-refractivity contribution in [2.45, 2.75) is 20.3 Å². The molecule has 0 aliphatic carbocycles. The largest absolute Gasteiger partial charge is 0.497 e. The minimum atomic E-state index is -3.34. The van der Waals surface area contributed by atoms with Crippen molar-refractivity contribution in [2.75, 3.05) is 50.5 Å². The van der Waals surface area contributed by atoms with Gasteiger partial charge in [0.05, 0.1) is 12.9 Å². The van der Waals surface area contributed by atoms with Gasteiger partial charge in [0.15, 0.2) is 0 Å². The Kier molecular flexibility index (Phi) is 7.56. The smallest absolute Gasteiger partial charge is 0.251 e. The van der Waals surface area contributed by atoms with Crippen LogP contribution in [0.4, 0.5) is 5.69 Å². The number of anilines is 1. The van der Waals surface area contributed by atoms with E-state index in [0.717, 1.165) is 22.6 Å². The quantitative estimate of drug-likeness (QED) is 0.632. The first kappa shape index (κ1) is 23.1. The molecule has 1 aliphatic heterocycles. The molecule has 7 nitrogen and oxygen atoms in total. The van der Waals surface area contributed by atoms with Crippen LogP contribution in [-0.4, -0.2) is 64.2 Å². The molecule has 0 saturated carbocycles. The van der Waals surface area contributed by atoms with Crippen molar-refractivity contribution in [1.29, 1.82) is 0 Å². The summed E-state index contributed by atoms with van der Waals surface area (Å²) in [7, 11) is -1.71. The number of rotatable bonds is 8. The zero-order chi connectivity index (χ0) is 22.4. The second-order valence-electron chi connectivity index (χ2n) is 7.81. The van der Waals surface area contributed by atoms with Gasteiger partial charge in [-0.3, -0.25) is 4.79 Å². The highest BCUT2D eigenvalue weighted by atomic mass is 32.2. The normalized spacial score (nSPS) is 15.0. The Hall–Kier alpha value is -2.58. The topological polar surface area (TPSA) is 79.0 Å². The Morgan fingerprint density at radius 3 is 2.29 bits per heavy atom. The number of sulfonamides is 1. The fraction of sp³-hybridized carbons (Fsp3) is 0.435. The molecule has 1 aliphatic rings. The number of hydrogen-bond acceptors (Lipinski definition) is 5. The Balaban J connectivity index is 1.43. The molecule has 0 radical (unpaired) electrons. The van der Waals surface area contributed by atoms with E-state index in [2.05, 4.69) is 10.2 Å². The first-order valence-electron chi connectivity index (χ1n) is 10.5. The highest BCUT2D eigenvalue weighted by Gasteiger charge is 2.26. The van der Waals surface area contributed by atoms with Crippen LogP contribution >= 0.6 is 0 Å². The lowest BCUT2D eigenvalue weighted by Gasteiger charge is -2.35. The molecular formula is C23H31N3O4S. The van der Waals surface area contributed by atoms with Crippen molar-refractivity contribution in [3.8, 4) is 5.75 Å². The summed E-state index contributed by atoms with van der Waals surface area (Å²) in [6.45, 7) is 6.51. The number of carbonyl (C=O) groups is 1. The van der Waals surface area contributed by atoms with E-state index >= 15 is 0 Å². The molecule has 0 aromatic heterocycles. The highest BCUT2D eigenvalue weighted by Crippen LogP contribution is 2.21. The molecule has 0 unspecified atom stereocenters. The number of benzene rings is 2. The lowest BCUT2D eigenvalue weighted by molar-refractivity contribution is 0.0953. The molecule has 3 rings (SSSR count). The zero-order valence-corrected chi connectivity index (χ0v) is 19.2. The average molecular weight is 446 g/mol. The molecule has 1 amide bonds. The van der Waals surface area contributed by atoms with E-state index in [0.29, 0.717) is 44.7 Å². The number of methoxy groups -OCH3 is 1. The van der Waals surface area contributed by atoms with Crippen LogP contribution < -0.4 is 15.0 Å². The Morgan fingerprint density at radius 2 is 1.68 bits per heavy atom. The van der Waals surface area contributed by atoms with E-state index in [4.69, 9.17) is 4.74 Å². The van der Waals surface area contributed by atoms with Crippen LogP contribution in [0.2, 0.25) is 0 Å². The molecule has 0 bridgehead atoms. The van der Waals surface area contributed by atoms with Gasteiger partial charge in [-0.15, -0.1) is 0 Å². The summed E-state index contributed by atoms with van der Waals surface area (Å²) in [5, 5.41) is 2.82. The van der Waals surface area contributed by atoms with Gasteiger partial charge < -0.3 is 15.0 Å². The van der Waals surface area contributed by atoms with E-state index in [1.54, 1.807) is 17.5 Å². The zero-order valence-electron chi connectivity index (χ0n) is 18.4. The van der Waals surface area contributed by atoms with Gasteiger partial charge in [0.2, 0.25) is 10.0 Å². The molecule has 1 N–H and O–H groups in total. The van der Waals surface area contributed by atoms with Crippen LogP contribution in [0.25, 0.3) is 0 Å². The van der Waals surface area contributed by atoms with Crippen molar-refractivity contribution in [3.63, 3.8) is 0 Å². The maximum Gasteiger partial charge on any atom is 0.251 e. The lowest BCUT2D eigenvalue weighted by atomic mass is 10.1. The number of nitrogens with zero attached hydrogens (tertiary/aromatic N) is 2. The third-order valence-corrected chi connectivity index (χ3v) is 7.66. The summed E-state index contributed by atoms with van der Waals surface area (Å²) in [5.74, 6) is 0.658. The molecule has 1 saturated heterocycles. The Bertz CT molecular complexity index is 998. The maximum absolute atomic E-state index is 12.7. The van der Waals surface area contributed by atoms with E-state index < -0.39 is 10.0 Å². The third-order valence-electron chi connectivity index (χ3n) is 5.70. The van der Waals surface area contributed by atoms with Crippen molar-refractivity contribution in [1.82, 2.24) is 9.62 Å². The molecule has 1 heterocycles. The second-order valence-corrected chi connectivity index (χ2v) is 9.90. The second kappa shape index (κ2) is 10.2. The highest BCUT2D eigenvalue weighted by molar-refractivity contribution is 7.89. The molecule has 1 fully saturated rings. The number of amides is 1. The van der Waals surface area contributed by atoms with Crippen LogP contribution in [0.15, 0.2) is 42.5 Å². The lowest BCUT2D eigenvalue weighted by Crippen LogP contribution is -2.49. The number of ether oxygens (including phenoxy) is 1. The van der Waals surface area contributed by atoms with Crippen LogP contribution in [0.1, 0.15) is 27.9 Å². The minimum absolute atomic E-state index is 0.0305. The van der Waals surface area contributed by atoms with Gasteiger partial charge in [-0.1, -0.05) is 6.07 Å². The van der Waals surface area contributed by atoms with Crippen LogP contribution in [-0.2, 0) is 10.0 Å². The Morgan fingerprint density at radius 1 is 1.00 bits per heavy atom. The summed E-state index contributed by atoms with van der Waals surface area (Å²) in [4.78, 5) is 14.4. The van der Waals surface area contributed by atoms with E-state index in [1.807, 2.05) is 50.2 Å². The fourth-order valence-electron chi connectivity index (χ4n) is 3.59. The summed E-state index contributed by atoms with van der Waals surface area (Å²) in [6, 6.07) is 13.3. The number of hydrogen-bond donors (Lipinski definition) is 1.